The fourth-order valence-corrected chi connectivity index (χ4v) is 3.69. The van der Waals surface area contributed by atoms with E-state index >= 15 is 0 Å². The number of amides is 2. The average molecular weight is 401 g/mol. The largest absolute Gasteiger partial charge is 0.378 e. The first kappa shape index (κ1) is 19.0. The Bertz CT molecular complexity index is 804. The lowest BCUT2D eigenvalue weighted by atomic mass is 10.0. The van der Waals surface area contributed by atoms with Gasteiger partial charge in [-0.25, -0.2) is 9.78 Å². The first-order valence-corrected chi connectivity index (χ1v) is 10.1. The molecule has 1 aliphatic heterocycles. The number of aromatic nitrogens is 1. The van der Waals surface area contributed by atoms with Crippen molar-refractivity contribution in [2.24, 2.45) is 5.92 Å². The van der Waals surface area contributed by atoms with E-state index in [0.29, 0.717) is 30.7 Å². The highest BCUT2D eigenvalue weighted by Crippen LogP contribution is 2.41. The fraction of sp³-hybridized carbons (Fsp3) is 0.429. The second kappa shape index (κ2) is 8.80. The van der Waals surface area contributed by atoms with Crippen LogP contribution in [0.5, 0.6) is 0 Å². The highest BCUT2D eigenvalue weighted by molar-refractivity contribution is 6.30. The van der Waals surface area contributed by atoms with E-state index in [2.05, 4.69) is 20.5 Å². The first-order chi connectivity index (χ1) is 13.7. The van der Waals surface area contributed by atoms with Gasteiger partial charge in [0, 0.05) is 36.4 Å². The molecule has 0 bridgehead atoms. The van der Waals surface area contributed by atoms with Crippen molar-refractivity contribution >= 4 is 23.4 Å². The van der Waals surface area contributed by atoms with Crippen molar-refractivity contribution in [3.05, 3.63) is 58.7 Å². The van der Waals surface area contributed by atoms with Gasteiger partial charge < -0.3 is 20.3 Å². The summed E-state index contributed by atoms with van der Waals surface area (Å²) in [6.07, 6.45) is 4.06. The molecule has 1 saturated heterocycles. The van der Waals surface area contributed by atoms with Gasteiger partial charge in [-0.2, -0.15) is 0 Å². The first-order valence-electron chi connectivity index (χ1n) is 9.77. The number of nitrogens with one attached hydrogen (secondary N) is 2. The molecule has 4 rings (SSSR count). The summed E-state index contributed by atoms with van der Waals surface area (Å²) in [5, 5.41) is 6.84. The molecule has 1 atom stereocenters. The van der Waals surface area contributed by atoms with Crippen LogP contribution in [0, 0.1) is 5.92 Å². The third-order valence-electron chi connectivity index (χ3n) is 5.23. The summed E-state index contributed by atoms with van der Waals surface area (Å²) in [4.78, 5) is 19.3. The van der Waals surface area contributed by atoms with Crippen LogP contribution < -0.4 is 15.5 Å². The minimum atomic E-state index is -0.163. The molecule has 2 fully saturated rings. The van der Waals surface area contributed by atoms with E-state index < -0.39 is 0 Å². The van der Waals surface area contributed by atoms with Crippen LogP contribution in [0.15, 0.2) is 42.6 Å². The van der Waals surface area contributed by atoms with Gasteiger partial charge in [-0.1, -0.05) is 29.8 Å². The Balaban J connectivity index is 1.38. The van der Waals surface area contributed by atoms with Gasteiger partial charge in [0.15, 0.2) is 0 Å². The van der Waals surface area contributed by atoms with Gasteiger partial charge in [0.05, 0.1) is 19.3 Å². The monoisotopic (exact) mass is 400 g/mol. The van der Waals surface area contributed by atoms with Gasteiger partial charge in [-0.05, 0) is 42.5 Å². The molecule has 0 radical (unpaired) electrons. The van der Waals surface area contributed by atoms with Crippen LogP contribution in [0.2, 0.25) is 5.02 Å². The number of halogens is 1. The predicted octanol–water partition coefficient (Wildman–Crippen LogP) is 3.52. The van der Waals surface area contributed by atoms with Crippen molar-refractivity contribution in [3.63, 3.8) is 0 Å². The van der Waals surface area contributed by atoms with Crippen LogP contribution in [-0.2, 0) is 11.3 Å². The topological polar surface area (TPSA) is 66.5 Å². The molecule has 0 spiro atoms. The Labute approximate surface area is 170 Å². The molecular formula is C21H25ClN4O2. The highest BCUT2D eigenvalue weighted by atomic mass is 35.5. The number of rotatable bonds is 6. The summed E-state index contributed by atoms with van der Waals surface area (Å²) in [7, 11) is 0. The van der Waals surface area contributed by atoms with E-state index in [9.17, 15) is 4.79 Å². The second-order valence-electron chi connectivity index (χ2n) is 7.28. The summed E-state index contributed by atoms with van der Waals surface area (Å²) >= 11 is 6.00. The number of morpholine rings is 1. The summed E-state index contributed by atoms with van der Waals surface area (Å²) in [6.45, 7) is 3.47. The van der Waals surface area contributed by atoms with E-state index in [4.69, 9.17) is 16.3 Å². The zero-order valence-corrected chi connectivity index (χ0v) is 16.5. The Kier molecular flexibility index (Phi) is 5.98. The lowest BCUT2D eigenvalue weighted by Gasteiger charge is -2.29. The predicted molar refractivity (Wildman–Crippen MR) is 110 cm³/mol. The van der Waals surface area contributed by atoms with E-state index in [1.165, 1.54) is 0 Å². The molecule has 148 valence electrons. The molecule has 28 heavy (non-hydrogen) atoms. The van der Waals surface area contributed by atoms with E-state index in [-0.39, 0.29) is 12.1 Å². The van der Waals surface area contributed by atoms with Gasteiger partial charge in [0.1, 0.15) is 5.82 Å². The van der Waals surface area contributed by atoms with Crippen molar-refractivity contribution in [1.82, 2.24) is 15.6 Å². The molecule has 1 saturated carbocycles. The molecular weight excluding hydrogens is 376 g/mol. The number of urea groups is 1. The lowest BCUT2D eigenvalue weighted by molar-refractivity contribution is 0.122. The standard InChI is InChI=1S/C21H25ClN4O2/c22-18-7-5-16(6-8-18)19(15-3-4-15)25-21(27)24-14-17-2-1-9-23-20(17)26-10-12-28-13-11-26/h1-2,5-9,15,19H,3-4,10-14H2,(H2,24,25,27)/t19-/m0/s1. The van der Waals surface area contributed by atoms with Crippen LogP contribution in [0.3, 0.4) is 0 Å². The number of carbonyl (C=O) groups is 1. The van der Waals surface area contributed by atoms with Crippen LogP contribution in [0.4, 0.5) is 10.6 Å². The molecule has 2 amide bonds. The van der Waals surface area contributed by atoms with Gasteiger partial charge in [-0.3, -0.25) is 0 Å². The van der Waals surface area contributed by atoms with Gasteiger partial charge in [0.2, 0.25) is 0 Å². The van der Waals surface area contributed by atoms with Crippen LogP contribution in [0.1, 0.15) is 30.0 Å². The maximum atomic E-state index is 12.6. The summed E-state index contributed by atoms with van der Waals surface area (Å²) < 4.78 is 5.42. The van der Waals surface area contributed by atoms with Crippen molar-refractivity contribution in [2.45, 2.75) is 25.4 Å². The summed E-state index contributed by atoms with van der Waals surface area (Å²) in [5.41, 5.74) is 2.10. The fourth-order valence-electron chi connectivity index (χ4n) is 3.57. The number of anilines is 1. The maximum Gasteiger partial charge on any atom is 0.315 e. The Morgan fingerprint density at radius 1 is 1.21 bits per heavy atom. The van der Waals surface area contributed by atoms with Crippen molar-refractivity contribution in [3.8, 4) is 0 Å². The quantitative estimate of drug-likeness (QED) is 0.778. The molecule has 2 aromatic rings. The number of pyridine rings is 1. The highest BCUT2D eigenvalue weighted by Gasteiger charge is 2.33. The van der Waals surface area contributed by atoms with Gasteiger partial charge in [0.25, 0.3) is 0 Å². The summed E-state index contributed by atoms with van der Waals surface area (Å²) in [6, 6.07) is 11.5. The maximum absolute atomic E-state index is 12.6. The normalized spacial score (nSPS) is 17.8. The molecule has 1 aliphatic carbocycles. The molecule has 2 heterocycles. The number of benzene rings is 1. The summed E-state index contributed by atoms with van der Waals surface area (Å²) in [5.74, 6) is 1.41. The molecule has 0 unspecified atom stereocenters. The number of ether oxygens (including phenoxy) is 1. The number of carbonyl (C=O) groups excluding carboxylic acids is 1. The van der Waals surface area contributed by atoms with Crippen LogP contribution in [0.25, 0.3) is 0 Å². The van der Waals surface area contributed by atoms with E-state index in [0.717, 1.165) is 42.9 Å². The minimum absolute atomic E-state index is 0.0184. The molecule has 1 aromatic carbocycles. The Morgan fingerprint density at radius 2 is 1.96 bits per heavy atom. The van der Waals surface area contributed by atoms with Crippen molar-refractivity contribution in [1.29, 1.82) is 0 Å². The van der Waals surface area contributed by atoms with E-state index in [1.54, 1.807) is 6.20 Å². The Morgan fingerprint density at radius 3 is 2.68 bits per heavy atom. The SMILES string of the molecule is O=C(NCc1cccnc1N1CCOCC1)N[C@H](c1ccc(Cl)cc1)C1CC1. The zero-order valence-electron chi connectivity index (χ0n) is 15.7. The number of hydrogen-bond donors (Lipinski definition) is 2. The van der Waals surface area contributed by atoms with Crippen molar-refractivity contribution in [2.75, 3.05) is 31.2 Å². The zero-order chi connectivity index (χ0) is 19.3. The lowest BCUT2D eigenvalue weighted by Crippen LogP contribution is -2.40. The van der Waals surface area contributed by atoms with Crippen LogP contribution in [-0.4, -0.2) is 37.3 Å². The molecule has 6 nitrogen and oxygen atoms in total. The van der Waals surface area contributed by atoms with Gasteiger partial charge >= 0.3 is 6.03 Å². The smallest absolute Gasteiger partial charge is 0.315 e. The molecule has 1 aromatic heterocycles. The number of nitrogens with zero attached hydrogens (tertiary/aromatic N) is 2. The third kappa shape index (κ3) is 4.75. The van der Waals surface area contributed by atoms with Crippen molar-refractivity contribution < 1.29 is 9.53 Å². The molecule has 7 heteroatoms. The second-order valence-corrected chi connectivity index (χ2v) is 7.72. The van der Waals surface area contributed by atoms with Gasteiger partial charge in [-0.15, -0.1) is 0 Å². The van der Waals surface area contributed by atoms with Crippen LogP contribution >= 0.6 is 11.6 Å². The molecule has 2 aliphatic rings. The molecule has 2 N–H and O–H groups in total. The number of hydrogen-bond acceptors (Lipinski definition) is 4. The average Bonchev–Trinajstić information content (AvgIpc) is 3.57. The minimum Gasteiger partial charge on any atom is -0.378 e. The Hall–Kier alpha value is -2.31. The van der Waals surface area contributed by atoms with E-state index in [1.807, 2.05) is 36.4 Å². The third-order valence-corrected chi connectivity index (χ3v) is 5.48.